The Hall–Kier alpha value is -3.35. The average molecular weight is 481 g/mol. The number of fused-ring (bicyclic) bond motifs is 3. The van der Waals surface area contributed by atoms with Gasteiger partial charge in [-0.1, -0.05) is 75.7 Å². The minimum absolute atomic E-state index is 0.0119. The Balaban J connectivity index is 1.64. The van der Waals surface area contributed by atoms with Crippen molar-refractivity contribution in [2.75, 3.05) is 13.2 Å². The fourth-order valence-electron chi connectivity index (χ4n) is 4.84. The normalized spacial score (nSPS) is 15.0. The van der Waals surface area contributed by atoms with Crippen molar-refractivity contribution in [3.63, 3.8) is 0 Å². The molecule has 0 saturated heterocycles. The lowest BCUT2D eigenvalue weighted by atomic mass is 9.93. The summed E-state index contributed by atoms with van der Waals surface area (Å²) in [4.78, 5) is 37.4. The molecule has 7 heteroatoms. The number of carboxylic acids is 1. The highest BCUT2D eigenvalue weighted by molar-refractivity contribution is 5.90. The van der Waals surface area contributed by atoms with Crippen LogP contribution in [-0.4, -0.2) is 41.8 Å². The zero-order valence-electron chi connectivity index (χ0n) is 21.0. The summed E-state index contributed by atoms with van der Waals surface area (Å²) in [5.74, 6) is -1.93. The highest BCUT2D eigenvalue weighted by atomic mass is 16.5. The van der Waals surface area contributed by atoms with Crippen LogP contribution in [0.1, 0.15) is 64.0 Å². The maximum Gasteiger partial charge on any atom is 0.408 e. The summed E-state index contributed by atoms with van der Waals surface area (Å²) < 4.78 is 5.62. The minimum atomic E-state index is -1.21. The smallest absolute Gasteiger partial charge is 0.408 e. The molecule has 0 saturated carbocycles. The van der Waals surface area contributed by atoms with Crippen molar-refractivity contribution >= 4 is 18.0 Å². The fourth-order valence-corrected chi connectivity index (χ4v) is 4.84. The van der Waals surface area contributed by atoms with Crippen molar-refractivity contribution in [1.82, 2.24) is 10.6 Å². The Labute approximate surface area is 207 Å². The van der Waals surface area contributed by atoms with E-state index >= 15 is 0 Å². The molecule has 0 aliphatic heterocycles. The Kier molecular flexibility index (Phi) is 8.54. The Morgan fingerprint density at radius 1 is 1.03 bits per heavy atom. The van der Waals surface area contributed by atoms with Crippen molar-refractivity contribution in [1.29, 1.82) is 0 Å². The summed E-state index contributed by atoms with van der Waals surface area (Å²) in [6, 6.07) is 16.2. The molecule has 3 N–H and O–H groups in total. The van der Waals surface area contributed by atoms with Gasteiger partial charge in [0.15, 0.2) is 0 Å². The van der Waals surface area contributed by atoms with Gasteiger partial charge in [0, 0.05) is 12.5 Å². The van der Waals surface area contributed by atoms with Crippen LogP contribution >= 0.6 is 0 Å². The second kappa shape index (κ2) is 11.4. The lowest BCUT2D eigenvalue weighted by molar-refractivity contribution is -0.142. The van der Waals surface area contributed by atoms with Crippen LogP contribution in [0.25, 0.3) is 11.1 Å². The number of carbonyl (C=O) groups is 3. The van der Waals surface area contributed by atoms with Crippen molar-refractivity contribution in [2.24, 2.45) is 11.8 Å². The van der Waals surface area contributed by atoms with Gasteiger partial charge in [0.1, 0.15) is 12.1 Å². The number of carboxylic acid groups (broad SMARTS) is 1. The van der Waals surface area contributed by atoms with Crippen LogP contribution in [-0.2, 0) is 14.3 Å². The third-order valence-electron chi connectivity index (χ3n) is 6.59. The number of aliphatic carboxylic acids is 1. The van der Waals surface area contributed by atoms with Gasteiger partial charge >= 0.3 is 12.1 Å². The van der Waals surface area contributed by atoms with Crippen LogP contribution in [0, 0.1) is 11.8 Å². The summed E-state index contributed by atoms with van der Waals surface area (Å²) in [6.45, 7) is 7.61. The molecule has 0 spiro atoms. The van der Waals surface area contributed by atoms with E-state index < -0.39 is 29.4 Å². The molecular weight excluding hydrogens is 444 g/mol. The minimum Gasteiger partial charge on any atom is -0.481 e. The Bertz CT molecular complexity index is 1020. The van der Waals surface area contributed by atoms with Gasteiger partial charge in [0.2, 0.25) is 5.91 Å². The second-order valence-corrected chi connectivity index (χ2v) is 9.91. The summed E-state index contributed by atoms with van der Waals surface area (Å²) >= 11 is 0. The van der Waals surface area contributed by atoms with Crippen molar-refractivity contribution < 1.29 is 24.2 Å². The van der Waals surface area contributed by atoms with Crippen LogP contribution in [0.5, 0.6) is 0 Å². The monoisotopic (exact) mass is 480 g/mol. The lowest BCUT2D eigenvalue weighted by Crippen LogP contribution is -2.57. The topological polar surface area (TPSA) is 105 Å². The first-order valence-electron chi connectivity index (χ1n) is 12.3. The number of hydrogen-bond acceptors (Lipinski definition) is 4. The van der Waals surface area contributed by atoms with Crippen molar-refractivity contribution in [2.45, 2.75) is 58.4 Å². The molecule has 2 atom stereocenters. The molecule has 2 aromatic carbocycles. The lowest BCUT2D eigenvalue weighted by Gasteiger charge is -2.30. The molecule has 2 unspecified atom stereocenters. The van der Waals surface area contributed by atoms with Crippen LogP contribution in [0.2, 0.25) is 0 Å². The summed E-state index contributed by atoms with van der Waals surface area (Å²) in [6.07, 6.45) is 0.835. The third-order valence-corrected chi connectivity index (χ3v) is 6.59. The van der Waals surface area contributed by atoms with Crippen LogP contribution in [0.15, 0.2) is 48.5 Å². The molecule has 3 rings (SSSR count). The predicted octanol–water partition coefficient (Wildman–Crippen LogP) is 4.95. The molecule has 1 aliphatic carbocycles. The summed E-state index contributed by atoms with van der Waals surface area (Å²) in [5, 5.41) is 14.9. The SMILES string of the molecule is CCCC(C)(NC(=O)OCC1c2ccccc2-c2ccccc21)C(=O)NCC(CC(C)C)C(=O)O. The fraction of sp³-hybridized carbons (Fsp3) is 0.464. The van der Waals surface area contributed by atoms with E-state index in [-0.39, 0.29) is 25.0 Å². The highest BCUT2D eigenvalue weighted by Crippen LogP contribution is 2.44. The maximum atomic E-state index is 13.0. The summed E-state index contributed by atoms with van der Waals surface area (Å²) in [7, 11) is 0. The number of amides is 2. The molecule has 1 aliphatic rings. The van der Waals surface area contributed by atoms with Gasteiger partial charge < -0.3 is 20.5 Å². The number of alkyl carbamates (subject to hydrolysis) is 1. The van der Waals surface area contributed by atoms with E-state index in [4.69, 9.17) is 4.74 Å². The maximum absolute atomic E-state index is 13.0. The quantitative estimate of drug-likeness (QED) is 0.422. The van der Waals surface area contributed by atoms with E-state index in [0.717, 1.165) is 22.3 Å². The Morgan fingerprint density at radius 3 is 2.11 bits per heavy atom. The van der Waals surface area contributed by atoms with E-state index in [2.05, 4.69) is 22.8 Å². The number of carbonyl (C=O) groups excluding carboxylic acids is 2. The molecule has 0 aromatic heterocycles. The molecule has 0 bridgehead atoms. The van der Waals surface area contributed by atoms with E-state index in [1.165, 1.54) is 0 Å². The second-order valence-electron chi connectivity index (χ2n) is 9.91. The molecule has 188 valence electrons. The van der Waals surface area contributed by atoms with Crippen molar-refractivity contribution in [3.05, 3.63) is 59.7 Å². The van der Waals surface area contributed by atoms with E-state index in [0.29, 0.717) is 19.3 Å². The standard InChI is InChI=1S/C28H36N2O5/c1-5-14-28(4,26(33)29-16-19(25(31)32)15-18(2)3)30-27(34)35-17-24-22-12-8-6-10-20(22)21-11-7-9-13-23(21)24/h6-13,18-19,24H,5,14-17H2,1-4H3,(H,29,33)(H,30,34)(H,31,32). The van der Waals surface area contributed by atoms with Gasteiger partial charge in [-0.15, -0.1) is 0 Å². The Morgan fingerprint density at radius 2 is 1.60 bits per heavy atom. The van der Waals surface area contributed by atoms with Gasteiger partial charge in [0.05, 0.1) is 5.92 Å². The molecule has 2 amide bonds. The molecule has 0 heterocycles. The first-order valence-corrected chi connectivity index (χ1v) is 12.3. The number of rotatable bonds is 11. The van der Waals surface area contributed by atoms with E-state index in [1.54, 1.807) is 6.92 Å². The molecule has 7 nitrogen and oxygen atoms in total. The van der Waals surface area contributed by atoms with Crippen molar-refractivity contribution in [3.8, 4) is 11.1 Å². The third kappa shape index (κ3) is 6.21. The number of hydrogen-bond donors (Lipinski definition) is 3. The average Bonchev–Trinajstić information content (AvgIpc) is 3.13. The van der Waals surface area contributed by atoms with Gasteiger partial charge in [-0.3, -0.25) is 9.59 Å². The van der Waals surface area contributed by atoms with Crippen LogP contribution < -0.4 is 10.6 Å². The van der Waals surface area contributed by atoms with Gasteiger partial charge in [-0.2, -0.15) is 0 Å². The molecule has 0 fully saturated rings. The zero-order chi connectivity index (χ0) is 25.6. The van der Waals surface area contributed by atoms with E-state index in [9.17, 15) is 19.5 Å². The van der Waals surface area contributed by atoms with Crippen LogP contribution in [0.3, 0.4) is 0 Å². The van der Waals surface area contributed by atoms with Gasteiger partial charge in [-0.25, -0.2) is 4.79 Å². The number of benzene rings is 2. The number of nitrogens with one attached hydrogen (secondary N) is 2. The molecule has 2 aromatic rings. The first-order chi connectivity index (χ1) is 16.7. The number of ether oxygens (including phenoxy) is 1. The summed E-state index contributed by atoms with van der Waals surface area (Å²) in [5.41, 5.74) is 3.29. The largest absolute Gasteiger partial charge is 0.481 e. The predicted molar refractivity (Wildman–Crippen MR) is 135 cm³/mol. The van der Waals surface area contributed by atoms with Gasteiger partial charge in [-0.05, 0) is 47.9 Å². The molecule has 35 heavy (non-hydrogen) atoms. The molecule has 0 radical (unpaired) electrons. The molecular formula is C28H36N2O5. The zero-order valence-corrected chi connectivity index (χ0v) is 21.0. The highest BCUT2D eigenvalue weighted by Gasteiger charge is 2.36. The first kappa shape index (κ1) is 26.3. The van der Waals surface area contributed by atoms with Crippen LogP contribution in [0.4, 0.5) is 4.79 Å². The van der Waals surface area contributed by atoms with Gasteiger partial charge in [0.25, 0.3) is 0 Å². The van der Waals surface area contributed by atoms with E-state index in [1.807, 2.05) is 57.2 Å².